The van der Waals surface area contributed by atoms with Gasteiger partial charge in [-0.1, -0.05) is 0 Å². The maximum Gasteiger partial charge on any atom is 0.197 e. The van der Waals surface area contributed by atoms with E-state index in [1.807, 2.05) is 0 Å². The van der Waals surface area contributed by atoms with Crippen LogP contribution in [0, 0.1) is 0 Å². The first-order chi connectivity index (χ1) is 3.56. The summed E-state index contributed by atoms with van der Waals surface area (Å²) in [6.45, 7) is 3.52. The molecule has 0 radical (unpaired) electrons. The van der Waals surface area contributed by atoms with Crippen molar-refractivity contribution >= 4 is 19.0 Å². The normalized spacial score (nSPS) is 11.9. The molecule has 0 fully saturated rings. The predicted octanol–water partition coefficient (Wildman–Crippen LogP) is 1.78. The summed E-state index contributed by atoms with van der Waals surface area (Å²) in [6, 6.07) is 0. The molecule has 0 spiro atoms. The molecule has 0 heterocycles. The van der Waals surface area contributed by atoms with Crippen molar-refractivity contribution in [3.63, 3.8) is 0 Å². The second-order valence-electron chi connectivity index (χ2n) is 1.77. The zero-order valence-electron chi connectivity index (χ0n) is 5.06. The van der Waals surface area contributed by atoms with E-state index in [1.54, 1.807) is 13.3 Å². The Labute approximate surface area is 54.6 Å². The van der Waals surface area contributed by atoms with Gasteiger partial charge in [0.25, 0.3) is 0 Å². The number of rotatable bonds is 3. The molecule has 0 saturated carbocycles. The Morgan fingerprint density at radius 2 is 2.12 bits per heavy atom. The highest BCUT2D eigenvalue weighted by molar-refractivity contribution is 7.57. The van der Waals surface area contributed by atoms with E-state index in [-0.39, 0.29) is 0 Å². The Balaban J connectivity index is 3.26. The van der Waals surface area contributed by atoms with E-state index < -0.39 is 7.37 Å². The van der Waals surface area contributed by atoms with Gasteiger partial charge >= 0.3 is 0 Å². The van der Waals surface area contributed by atoms with Crippen molar-refractivity contribution < 1.29 is 9.09 Å². The van der Waals surface area contributed by atoms with E-state index in [1.165, 1.54) is 0 Å². The number of halogens is 1. The van der Waals surface area contributed by atoms with Crippen molar-refractivity contribution in [3.8, 4) is 0 Å². The molecule has 0 aliphatic carbocycles. The highest BCUT2D eigenvalue weighted by Crippen LogP contribution is 2.36. The zero-order chi connectivity index (χ0) is 6.62. The maximum atomic E-state index is 10.7. The molecule has 4 heteroatoms. The van der Waals surface area contributed by atoms with Gasteiger partial charge in [-0.2, -0.15) is 0 Å². The van der Waals surface area contributed by atoms with Crippen LogP contribution in [-0.2, 0) is 9.09 Å². The van der Waals surface area contributed by atoms with Crippen molar-refractivity contribution in [3.05, 3.63) is 0 Å². The average Bonchev–Trinajstić information content (AvgIpc) is 1.59. The summed E-state index contributed by atoms with van der Waals surface area (Å²) < 4.78 is 15.5. The Morgan fingerprint density at radius 1 is 1.62 bits per heavy atom. The van der Waals surface area contributed by atoms with Gasteiger partial charge < -0.3 is 4.52 Å². The number of hydrogen-bond acceptors (Lipinski definition) is 2. The van der Waals surface area contributed by atoms with Gasteiger partial charge in [0.15, 0.2) is 7.37 Å². The van der Waals surface area contributed by atoms with Crippen LogP contribution in [0.15, 0.2) is 0 Å². The molecule has 8 heavy (non-hydrogen) atoms. The third kappa shape index (κ3) is 6.48. The Hall–Kier alpha value is 0.480. The molecule has 0 aromatic carbocycles. The van der Waals surface area contributed by atoms with Crippen molar-refractivity contribution in [2.24, 2.45) is 0 Å². The van der Waals surface area contributed by atoms with Crippen LogP contribution in [0.2, 0.25) is 0 Å². The van der Waals surface area contributed by atoms with Crippen molar-refractivity contribution in [2.45, 2.75) is 0 Å². The monoisotopic (exact) mass is 156 g/mol. The lowest BCUT2D eigenvalue weighted by atomic mass is 10.9. The Morgan fingerprint density at radius 3 is 2.25 bits per heavy atom. The second kappa shape index (κ2) is 3.49. The standard InChI is InChI=1S/C4H10ClO2P/c1-8(2,6)7-4-3-5/h3-4H2,1-2H3. The highest BCUT2D eigenvalue weighted by Gasteiger charge is 2.03. The first kappa shape index (κ1) is 8.48. The molecule has 50 valence electrons. The minimum Gasteiger partial charge on any atom is -0.328 e. The molecule has 0 atom stereocenters. The summed E-state index contributed by atoms with van der Waals surface area (Å²) in [7, 11) is -2.27. The van der Waals surface area contributed by atoms with E-state index in [4.69, 9.17) is 16.1 Å². The molecule has 0 saturated heterocycles. The van der Waals surface area contributed by atoms with Gasteiger partial charge in [-0.3, -0.25) is 4.57 Å². The van der Waals surface area contributed by atoms with Gasteiger partial charge in [0, 0.05) is 19.2 Å². The topological polar surface area (TPSA) is 26.3 Å². The quantitative estimate of drug-likeness (QED) is 0.460. The lowest BCUT2D eigenvalue weighted by Crippen LogP contribution is -1.90. The van der Waals surface area contributed by atoms with E-state index in [0.29, 0.717) is 12.5 Å². The van der Waals surface area contributed by atoms with E-state index in [2.05, 4.69) is 0 Å². The first-order valence-electron chi connectivity index (χ1n) is 2.32. The third-order valence-electron chi connectivity index (χ3n) is 0.479. The molecule has 0 N–H and O–H groups in total. The molecule has 0 aliphatic rings. The van der Waals surface area contributed by atoms with Crippen molar-refractivity contribution in [1.82, 2.24) is 0 Å². The van der Waals surface area contributed by atoms with Crippen LogP contribution >= 0.6 is 19.0 Å². The molecule has 2 nitrogen and oxygen atoms in total. The lowest BCUT2D eigenvalue weighted by molar-refractivity contribution is 0.343. The molecule has 0 unspecified atom stereocenters. The van der Waals surface area contributed by atoms with E-state index >= 15 is 0 Å². The average molecular weight is 157 g/mol. The summed E-state index contributed by atoms with van der Waals surface area (Å²) in [5, 5.41) is 0. The fourth-order valence-corrected chi connectivity index (χ4v) is 0.970. The minimum atomic E-state index is -2.27. The minimum absolute atomic E-state index is 0.381. The fourth-order valence-electron chi connectivity index (χ4n) is 0.254. The van der Waals surface area contributed by atoms with Gasteiger partial charge in [-0.05, 0) is 0 Å². The first-order valence-corrected chi connectivity index (χ1v) is 5.37. The van der Waals surface area contributed by atoms with E-state index in [9.17, 15) is 4.57 Å². The summed E-state index contributed by atoms with van der Waals surface area (Å²) in [4.78, 5) is 0. The van der Waals surface area contributed by atoms with Crippen LogP contribution in [0.3, 0.4) is 0 Å². The summed E-state index contributed by atoms with van der Waals surface area (Å²) in [5.74, 6) is 0.408. The van der Waals surface area contributed by atoms with Gasteiger partial charge in [-0.15, -0.1) is 11.6 Å². The second-order valence-corrected chi connectivity index (χ2v) is 4.91. The maximum absolute atomic E-state index is 10.7. The molecule has 0 aromatic heterocycles. The largest absolute Gasteiger partial charge is 0.328 e. The molecule has 0 rings (SSSR count). The van der Waals surface area contributed by atoms with Crippen LogP contribution in [-0.4, -0.2) is 25.8 Å². The molecule has 0 aliphatic heterocycles. The molecular formula is C4H10ClO2P. The number of hydrogen-bond donors (Lipinski definition) is 0. The predicted molar refractivity (Wildman–Crippen MR) is 36.1 cm³/mol. The molecule has 0 aromatic rings. The third-order valence-corrected chi connectivity index (χ3v) is 1.44. The van der Waals surface area contributed by atoms with Gasteiger partial charge in [-0.25, -0.2) is 0 Å². The van der Waals surface area contributed by atoms with Crippen molar-refractivity contribution in [2.75, 3.05) is 25.8 Å². The smallest absolute Gasteiger partial charge is 0.197 e. The van der Waals surface area contributed by atoms with E-state index in [0.717, 1.165) is 0 Å². The molecular weight excluding hydrogens is 146 g/mol. The van der Waals surface area contributed by atoms with Crippen LogP contribution < -0.4 is 0 Å². The van der Waals surface area contributed by atoms with Crippen LogP contribution in [0.25, 0.3) is 0 Å². The summed E-state index contributed by atoms with van der Waals surface area (Å²) >= 11 is 5.26. The van der Waals surface area contributed by atoms with Crippen LogP contribution in [0.1, 0.15) is 0 Å². The summed E-state index contributed by atoms with van der Waals surface area (Å²) in [6.07, 6.45) is 0. The Bertz CT molecular complexity index is 98.2. The highest BCUT2D eigenvalue weighted by atomic mass is 35.5. The summed E-state index contributed by atoms with van der Waals surface area (Å²) in [5.41, 5.74) is 0. The van der Waals surface area contributed by atoms with Crippen molar-refractivity contribution in [1.29, 1.82) is 0 Å². The Kier molecular flexibility index (Phi) is 3.70. The van der Waals surface area contributed by atoms with Gasteiger partial charge in [0.2, 0.25) is 0 Å². The van der Waals surface area contributed by atoms with Gasteiger partial charge in [0.1, 0.15) is 0 Å². The van der Waals surface area contributed by atoms with Gasteiger partial charge in [0.05, 0.1) is 6.61 Å². The fraction of sp³-hybridized carbons (Fsp3) is 1.00. The molecule has 0 bridgehead atoms. The lowest BCUT2D eigenvalue weighted by Gasteiger charge is -2.04. The van der Waals surface area contributed by atoms with Crippen LogP contribution in [0.5, 0.6) is 0 Å². The molecule has 0 amide bonds. The van der Waals surface area contributed by atoms with Crippen LogP contribution in [0.4, 0.5) is 0 Å². The zero-order valence-corrected chi connectivity index (χ0v) is 6.71. The SMILES string of the molecule is CP(C)(=O)OCCCl. The number of alkyl halides is 1.